The molecular formula is C12H13N5O3S. The van der Waals surface area contributed by atoms with Gasteiger partial charge in [-0.25, -0.2) is 4.98 Å². The average Bonchev–Trinajstić information content (AvgIpc) is 2.68. The Morgan fingerprint density at radius 1 is 0.952 bits per heavy atom. The predicted octanol–water partition coefficient (Wildman–Crippen LogP) is 1.57. The van der Waals surface area contributed by atoms with E-state index in [1.807, 2.05) is 0 Å². The van der Waals surface area contributed by atoms with Gasteiger partial charge in [-0.15, -0.1) is 0 Å². The SMILES string of the molecule is CC(=O)Nc1nc2nc(NC(C)=O)c(NC(C)=O)cc2s1. The van der Waals surface area contributed by atoms with Gasteiger partial charge in [0, 0.05) is 20.8 Å². The molecule has 0 spiro atoms. The molecule has 110 valence electrons. The second-order valence-electron chi connectivity index (χ2n) is 4.27. The molecule has 0 aliphatic rings. The van der Waals surface area contributed by atoms with Crippen LogP contribution < -0.4 is 16.0 Å². The highest BCUT2D eigenvalue weighted by atomic mass is 32.1. The molecule has 2 aromatic rings. The van der Waals surface area contributed by atoms with Crippen molar-refractivity contribution in [1.29, 1.82) is 0 Å². The van der Waals surface area contributed by atoms with Gasteiger partial charge in [-0.2, -0.15) is 4.98 Å². The van der Waals surface area contributed by atoms with Crippen molar-refractivity contribution in [1.82, 2.24) is 9.97 Å². The van der Waals surface area contributed by atoms with Crippen LogP contribution in [0.15, 0.2) is 6.07 Å². The molecule has 0 aliphatic heterocycles. The maximum atomic E-state index is 11.2. The molecule has 0 aromatic carbocycles. The Hall–Kier alpha value is -2.55. The summed E-state index contributed by atoms with van der Waals surface area (Å²) in [6.07, 6.45) is 0. The highest BCUT2D eigenvalue weighted by molar-refractivity contribution is 7.22. The molecule has 0 bridgehead atoms. The third-order valence-electron chi connectivity index (χ3n) is 2.27. The van der Waals surface area contributed by atoms with Crippen LogP contribution in [-0.4, -0.2) is 27.7 Å². The number of carbonyl (C=O) groups is 3. The number of thiazole rings is 1. The molecule has 3 N–H and O–H groups in total. The summed E-state index contributed by atoms with van der Waals surface area (Å²) in [5.74, 6) is -0.622. The zero-order valence-corrected chi connectivity index (χ0v) is 12.4. The molecule has 9 heteroatoms. The fourth-order valence-electron chi connectivity index (χ4n) is 1.61. The molecule has 0 saturated heterocycles. The van der Waals surface area contributed by atoms with Crippen LogP contribution in [0.1, 0.15) is 20.8 Å². The third-order valence-corrected chi connectivity index (χ3v) is 3.18. The van der Waals surface area contributed by atoms with Crippen molar-refractivity contribution in [2.45, 2.75) is 20.8 Å². The highest BCUT2D eigenvalue weighted by Crippen LogP contribution is 2.31. The maximum Gasteiger partial charge on any atom is 0.223 e. The number of pyridine rings is 1. The molecular weight excluding hydrogens is 294 g/mol. The Balaban J connectivity index is 2.49. The first-order valence-corrected chi connectivity index (χ1v) is 6.81. The summed E-state index contributed by atoms with van der Waals surface area (Å²) in [7, 11) is 0. The van der Waals surface area contributed by atoms with Crippen LogP contribution >= 0.6 is 11.3 Å². The van der Waals surface area contributed by atoms with Gasteiger partial charge >= 0.3 is 0 Å². The Morgan fingerprint density at radius 2 is 1.57 bits per heavy atom. The van der Waals surface area contributed by atoms with Crippen LogP contribution in [0.25, 0.3) is 10.3 Å². The smallest absolute Gasteiger partial charge is 0.223 e. The fourth-order valence-corrected chi connectivity index (χ4v) is 2.51. The summed E-state index contributed by atoms with van der Waals surface area (Å²) in [6, 6.07) is 1.65. The number of hydrogen-bond donors (Lipinski definition) is 3. The van der Waals surface area contributed by atoms with E-state index in [1.54, 1.807) is 6.07 Å². The molecule has 0 unspecified atom stereocenters. The van der Waals surface area contributed by atoms with Crippen molar-refractivity contribution in [3.63, 3.8) is 0 Å². The molecule has 0 aliphatic carbocycles. The standard InChI is InChI=1S/C12H13N5O3S/c1-5(18)13-8-4-9-11(16-10(8)14-6(2)19)17-12(21-9)15-7(3)20/h4H,1-3H3,(H,13,18)(H2,14,15,16,17,19,20). The van der Waals surface area contributed by atoms with Crippen molar-refractivity contribution in [3.8, 4) is 0 Å². The molecule has 0 radical (unpaired) electrons. The van der Waals surface area contributed by atoms with E-state index in [1.165, 1.54) is 32.1 Å². The Bertz CT molecular complexity index is 687. The third kappa shape index (κ3) is 3.72. The van der Waals surface area contributed by atoms with E-state index in [0.717, 1.165) is 0 Å². The van der Waals surface area contributed by atoms with E-state index in [-0.39, 0.29) is 23.5 Å². The van der Waals surface area contributed by atoms with Crippen LogP contribution in [0.3, 0.4) is 0 Å². The number of anilines is 3. The van der Waals surface area contributed by atoms with Gasteiger partial charge in [0.05, 0.1) is 10.4 Å². The monoisotopic (exact) mass is 307 g/mol. The van der Waals surface area contributed by atoms with Crippen LogP contribution in [0.4, 0.5) is 16.6 Å². The van der Waals surface area contributed by atoms with E-state index in [2.05, 4.69) is 25.9 Å². The average molecular weight is 307 g/mol. The molecule has 21 heavy (non-hydrogen) atoms. The lowest BCUT2D eigenvalue weighted by atomic mass is 10.3. The minimum atomic E-state index is -0.314. The molecule has 0 fully saturated rings. The predicted molar refractivity (Wildman–Crippen MR) is 80.3 cm³/mol. The number of fused-ring (bicyclic) bond motifs is 1. The van der Waals surface area contributed by atoms with Crippen LogP contribution in [0.2, 0.25) is 0 Å². The first-order chi connectivity index (χ1) is 9.85. The second kappa shape index (κ2) is 5.83. The largest absolute Gasteiger partial charge is 0.323 e. The van der Waals surface area contributed by atoms with Gasteiger partial charge in [0.25, 0.3) is 0 Å². The number of rotatable bonds is 3. The number of amides is 3. The van der Waals surface area contributed by atoms with Gasteiger partial charge in [0.2, 0.25) is 17.7 Å². The molecule has 0 saturated carbocycles. The van der Waals surface area contributed by atoms with Crippen molar-refractivity contribution in [2.24, 2.45) is 0 Å². The van der Waals surface area contributed by atoms with Crippen molar-refractivity contribution in [3.05, 3.63) is 6.07 Å². The molecule has 2 aromatic heterocycles. The zero-order valence-electron chi connectivity index (χ0n) is 11.6. The first-order valence-electron chi connectivity index (χ1n) is 5.99. The number of nitrogens with zero attached hydrogens (tertiary/aromatic N) is 2. The first kappa shape index (κ1) is 14.9. The van der Waals surface area contributed by atoms with E-state index < -0.39 is 0 Å². The van der Waals surface area contributed by atoms with Crippen LogP contribution in [0.5, 0.6) is 0 Å². The minimum absolute atomic E-state index is 0.213. The normalized spacial score (nSPS) is 10.2. The van der Waals surface area contributed by atoms with Crippen LogP contribution in [0, 0.1) is 0 Å². The van der Waals surface area contributed by atoms with Crippen LogP contribution in [-0.2, 0) is 14.4 Å². The van der Waals surface area contributed by atoms with E-state index in [4.69, 9.17) is 0 Å². The van der Waals surface area contributed by atoms with E-state index in [9.17, 15) is 14.4 Å². The van der Waals surface area contributed by atoms with Gasteiger partial charge in [-0.3, -0.25) is 14.4 Å². The van der Waals surface area contributed by atoms with Crippen molar-refractivity contribution >= 4 is 56.0 Å². The molecule has 0 atom stereocenters. The van der Waals surface area contributed by atoms with Gasteiger partial charge in [-0.1, -0.05) is 11.3 Å². The van der Waals surface area contributed by atoms with Gasteiger partial charge in [-0.05, 0) is 6.07 Å². The quantitative estimate of drug-likeness (QED) is 0.796. The number of aromatic nitrogens is 2. The zero-order chi connectivity index (χ0) is 15.6. The summed E-state index contributed by atoms with van der Waals surface area (Å²) in [5, 5.41) is 8.10. The minimum Gasteiger partial charge on any atom is -0.323 e. The summed E-state index contributed by atoms with van der Waals surface area (Å²) < 4.78 is 0.677. The lowest BCUT2D eigenvalue weighted by Crippen LogP contribution is -2.13. The maximum absolute atomic E-state index is 11.2. The second-order valence-corrected chi connectivity index (χ2v) is 5.30. The van der Waals surface area contributed by atoms with Gasteiger partial charge < -0.3 is 16.0 Å². The topological polar surface area (TPSA) is 113 Å². The summed E-state index contributed by atoms with van der Waals surface area (Å²) in [4.78, 5) is 41.8. The van der Waals surface area contributed by atoms with Gasteiger partial charge in [0.15, 0.2) is 16.6 Å². The number of carbonyl (C=O) groups excluding carboxylic acids is 3. The van der Waals surface area contributed by atoms with Gasteiger partial charge in [0.1, 0.15) is 0 Å². The van der Waals surface area contributed by atoms with Crippen molar-refractivity contribution in [2.75, 3.05) is 16.0 Å². The molecule has 3 amide bonds. The van der Waals surface area contributed by atoms with Crippen molar-refractivity contribution < 1.29 is 14.4 Å². The molecule has 2 heterocycles. The Morgan fingerprint density at radius 3 is 2.14 bits per heavy atom. The number of hydrogen-bond acceptors (Lipinski definition) is 6. The van der Waals surface area contributed by atoms with E-state index >= 15 is 0 Å². The lowest BCUT2D eigenvalue weighted by Gasteiger charge is -2.08. The Labute approximate surface area is 124 Å². The molecule has 2 rings (SSSR count). The lowest BCUT2D eigenvalue weighted by molar-refractivity contribution is -0.115. The van der Waals surface area contributed by atoms with E-state index in [0.29, 0.717) is 21.2 Å². The highest BCUT2D eigenvalue weighted by Gasteiger charge is 2.13. The summed E-state index contributed by atoms with van der Waals surface area (Å²) >= 11 is 1.22. The summed E-state index contributed by atoms with van der Waals surface area (Å²) in [6.45, 7) is 4.08. The molecule has 8 nitrogen and oxygen atoms in total. The Kier molecular flexibility index (Phi) is 4.13. The number of nitrogens with one attached hydrogen (secondary N) is 3. The fraction of sp³-hybridized carbons (Fsp3) is 0.250. The summed E-state index contributed by atoms with van der Waals surface area (Å²) in [5.41, 5.74) is 0.754.